The van der Waals surface area contributed by atoms with E-state index in [0.29, 0.717) is 5.57 Å². The quantitative estimate of drug-likeness (QED) is 0.187. The Morgan fingerprint density at radius 2 is 1.67 bits per heavy atom. The molecule has 0 aromatic heterocycles. The summed E-state index contributed by atoms with van der Waals surface area (Å²) in [5.74, 6) is -2.67. The smallest absolute Gasteiger partial charge is 0.338 e. The van der Waals surface area contributed by atoms with Gasteiger partial charge in [0.2, 0.25) is 0 Å². The third-order valence-corrected chi connectivity index (χ3v) is 11.9. The van der Waals surface area contributed by atoms with E-state index >= 15 is 0 Å². The third kappa shape index (κ3) is 4.93. The van der Waals surface area contributed by atoms with Crippen LogP contribution in [-0.4, -0.2) is 122 Å². The van der Waals surface area contributed by atoms with Gasteiger partial charge in [-0.05, 0) is 35.8 Å². The lowest BCUT2D eigenvalue weighted by Gasteiger charge is -2.69. The Morgan fingerprint density at radius 3 is 2.27 bits per heavy atom. The van der Waals surface area contributed by atoms with E-state index in [1.165, 1.54) is 6.92 Å². The fraction of sp³-hybridized carbons (Fsp3) is 0.657. The molecular weight excluding hydrogens is 628 g/mol. The van der Waals surface area contributed by atoms with E-state index in [2.05, 4.69) is 6.58 Å². The van der Waals surface area contributed by atoms with E-state index in [1.807, 2.05) is 0 Å². The van der Waals surface area contributed by atoms with Crippen LogP contribution in [0.2, 0.25) is 0 Å². The SMILES string of the molecule is C=C1[C@H](O)C2=C(C)[C@@H](O)C[C@](O)([C@@H](OC(=O)c3ccccc3)[C@@H]3[C@]4(OC(C)=O)CO[C@H]4C[C@@H](O[C@H]4OC[C@H](O)[C@@H](O)[C@H]4O)[C@@]13C)C2(C)C. The molecule has 13 heteroatoms. The maximum atomic E-state index is 14.0. The fourth-order valence-electron chi connectivity index (χ4n) is 9.04. The summed E-state index contributed by atoms with van der Waals surface area (Å²) in [5.41, 5.74) is -5.43. The van der Waals surface area contributed by atoms with Gasteiger partial charge in [0.1, 0.15) is 36.1 Å². The number of ether oxygens (including phenoxy) is 5. The maximum Gasteiger partial charge on any atom is 0.338 e. The normalized spacial score (nSPS) is 45.1. The van der Waals surface area contributed by atoms with Crippen LogP contribution in [0, 0.1) is 16.7 Å². The highest BCUT2D eigenvalue weighted by atomic mass is 16.7. The summed E-state index contributed by atoms with van der Waals surface area (Å²) in [6, 6.07) is 8.16. The number of hydrogen-bond acceptors (Lipinski definition) is 13. The van der Waals surface area contributed by atoms with Gasteiger partial charge in [-0.25, -0.2) is 4.79 Å². The molecule has 5 aliphatic rings. The summed E-state index contributed by atoms with van der Waals surface area (Å²) in [5, 5.41) is 68.1. The van der Waals surface area contributed by atoms with Crippen molar-refractivity contribution in [1.29, 1.82) is 0 Å². The Bertz CT molecular complexity index is 1490. The van der Waals surface area contributed by atoms with E-state index < -0.39 is 95.0 Å². The first-order valence-electron chi connectivity index (χ1n) is 16.3. The molecule has 2 saturated heterocycles. The molecule has 13 nitrogen and oxygen atoms in total. The molecule has 1 aromatic carbocycles. The molecule has 264 valence electrons. The number of fused-ring (bicyclic) bond motifs is 5. The summed E-state index contributed by atoms with van der Waals surface area (Å²) in [4.78, 5) is 26.8. The molecule has 2 bridgehead atoms. The van der Waals surface area contributed by atoms with Crippen molar-refractivity contribution in [2.75, 3.05) is 13.2 Å². The van der Waals surface area contributed by atoms with Crippen molar-refractivity contribution in [3.8, 4) is 0 Å². The predicted molar refractivity (Wildman–Crippen MR) is 166 cm³/mol. The Balaban J connectivity index is 1.59. The lowest BCUT2D eigenvalue weighted by molar-refractivity contribution is -0.367. The van der Waals surface area contributed by atoms with Gasteiger partial charge in [-0.1, -0.05) is 45.5 Å². The molecule has 13 atom stereocenters. The van der Waals surface area contributed by atoms with E-state index in [1.54, 1.807) is 58.0 Å². The van der Waals surface area contributed by atoms with Gasteiger partial charge in [0.25, 0.3) is 0 Å². The van der Waals surface area contributed by atoms with Gasteiger partial charge < -0.3 is 54.3 Å². The highest BCUT2D eigenvalue weighted by molar-refractivity contribution is 5.89. The van der Waals surface area contributed by atoms with E-state index in [4.69, 9.17) is 23.7 Å². The number of aliphatic hydroxyl groups excluding tert-OH is 5. The summed E-state index contributed by atoms with van der Waals surface area (Å²) in [7, 11) is 0. The first kappa shape index (κ1) is 35.1. The molecule has 2 heterocycles. The van der Waals surface area contributed by atoms with Crippen LogP contribution in [-0.2, 0) is 28.5 Å². The van der Waals surface area contributed by atoms with Gasteiger partial charge in [0.15, 0.2) is 11.9 Å². The number of esters is 2. The van der Waals surface area contributed by atoms with Crippen LogP contribution in [0.25, 0.3) is 0 Å². The maximum absolute atomic E-state index is 14.0. The molecule has 3 aliphatic carbocycles. The topological polar surface area (TPSA) is 202 Å². The molecular formula is C35H46O13. The zero-order valence-electron chi connectivity index (χ0n) is 27.7. The van der Waals surface area contributed by atoms with Crippen LogP contribution in [0.3, 0.4) is 0 Å². The molecule has 1 aromatic rings. The zero-order valence-corrected chi connectivity index (χ0v) is 27.7. The number of carbonyl (C=O) groups excluding carboxylic acids is 2. The molecule has 0 spiro atoms. The van der Waals surface area contributed by atoms with Gasteiger partial charge in [0, 0.05) is 30.6 Å². The van der Waals surface area contributed by atoms with Crippen molar-refractivity contribution in [3.63, 3.8) is 0 Å². The number of aliphatic hydroxyl groups is 6. The molecule has 2 aliphatic heterocycles. The number of rotatable bonds is 5. The molecule has 6 N–H and O–H groups in total. The number of carbonyl (C=O) groups is 2. The minimum absolute atomic E-state index is 0.0130. The fourth-order valence-corrected chi connectivity index (χ4v) is 9.04. The molecule has 0 radical (unpaired) electrons. The average Bonchev–Trinajstić information content (AvgIpc) is 3.02. The Morgan fingerprint density at radius 1 is 1.00 bits per heavy atom. The van der Waals surface area contributed by atoms with E-state index in [0.717, 1.165) is 0 Å². The number of benzene rings is 1. The minimum Gasteiger partial charge on any atom is -0.455 e. The summed E-state index contributed by atoms with van der Waals surface area (Å²) >= 11 is 0. The first-order valence-corrected chi connectivity index (χ1v) is 16.3. The second-order valence-corrected chi connectivity index (χ2v) is 14.7. The zero-order chi connectivity index (χ0) is 35.1. The molecule has 48 heavy (non-hydrogen) atoms. The lowest BCUT2D eigenvalue weighted by Crippen LogP contribution is -2.81. The monoisotopic (exact) mass is 674 g/mol. The standard InChI is InChI=1S/C35H46O13/c1-16-20(37)13-35(43)29(47-30(42)19-10-8-7-9-11-19)28-33(6,17(2)25(39)24(16)32(35,4)5)22(12-23-34(28,15-45-23)48-18(3)36)46-31-27(41)26(40)21(38)14-44-31/h7-11,20-23,25-29,31,37-41,43H,2,12-15H2,1,3-6H3/t20-,21-,22+,23-,25-,26+,27+,28-,29-,31+,33+,34-,35-/m0/s1. The van der Waals surface area contributed by atoms with Gasteiger partial charge >= 0.3 is 11.9 Å². The molecule has 4 fully saturated rings. The first-order chi connectivity index (χ1) is 22.4. The summed E-state index contributed by atoms with van der Waals surface area (Å²) in [6.07, 6.45) is -12.5. The van der Waals surface area contributed by atoms with Gasteiger partial charge in [-0.2, -0.15) is 0 Å². The van der Waals surface area contributed by atoms with Gasteiger partial charge in [-0.15, -0.1) is 0 Å². The predicted octanol–water partition coefficient (Wildman–Crippen LogP) is 0.532. The largest absolute Gasteiger partial charge is 0.455 e. The van der Waals surface area contributed by atoms with Gasteiger partial charge in [-0.3, -0.25) is 4.79 Å². The molecule has 6 rings (SSSR count). The lowest BCUT2D eigenvalue weighted by atomic mass is 9.44. The minimum atomic E-state index is -2.07. The van der Waals surface area contributed by atoms with Crippen molar-refractivity contribution in [3.05, 3.63) is 59.2 Å². The Kier molecular flexibility index (Phi) is 8.75. The highest BCUT2D eigenvalue weighted by Gasteiger charge is 2.77. The van der Waals surface area contributed by atoms with E-state index in [9.17, 15) is 40.2 Å². The van der Waals surface area contributed by atoms with Crippen LogP contribution in [0.4, 0.5) is 0 Å². The van der Waals surface area contributed by atoms with Crippen molar-refractivity contribution in [2.45, 2.75) is 114 Å². The third-order valence-electron chi connectivity index (χ3n) is 11.9. The van der Waals surface area contributed by atoms with Crippen LogP contribution in [0.1, 0.15) is 57.8 Å². The molecule has 2 saturated carbocycles. The van der Waals surface area contributed by atoms with Crippen LogP contribution >= 0.6 is 0 Å². The summed E-state index contributed by atoms with van der Waals surface area (Å²) in [6.45, 7) is 11.8. The van der Waals surface area contributed by atoms with Crippen molar-refractivity contribution in [2.24, 2.45) is 16.7 Å². The van der Waals surface area contributed by atoms with Crippen molar-refractivity contribution in [1.82, 2.24) is 0 Å². The van der Waals surface area contributed by atoms with Crippen LogP contribution in [0.5, 0.6) is 0 Å². The molecule has 0 unspecified atom stereocenters. The van der Waals surface area contributed by atoms with Crippen molar-refractivity contribution >= 4 is 11.9 Å². The highest BCUT2D eigenvalue weighted by Crippen LogP contribution is 2.66. The second kappa shape index (κ2) is 12.0. The van der Waals surface area contributed by atoms with Gasteiger partial charge in [0.05, 0.1) is 43.0 Å². The average molecular weight is 675 g/mol. The Hall–Kier alpha value is -2.72. The Labute approximate surface area is 278 Å². The van der Waals surface area contributed by atoms with Crippen LogP contribution in [0.15, 0.2) is 53.6 Å². The molecule has 0 amide bonds. The second-order valence-electron chi connectivity index (χ2n) is 14.7. The van der Waals surface area contributed by atoms with Crippen LogP contribution < -0.4 is 0 Å². The number of hydrogen-bond donors (Lipinski definition) is 6. The van der Waals surface area contributed by atoms with E-state index in [-0.39, 0.29) is 42.8 Å². The van der Waals surface area contributed by atoms with Crippen molar-refractivity contribution < 1.29 is 63.9 Å². The summed E-state index contributed by atoms with van der Waals surface area (Å²) < 4.78 is 30.5.